The van der Waals surface area contributed by atoms with Crippen molar-refractivity contribution in [2.75, 3.05) is 5.75 Å². The van der Waals surface area contributed by atoms with Gasteiger partial charge in [-0.3, -0.25) is 14.5 Å². The van der Waals surface area contributed by atoms with E-state index in [9.17, 15) is 19.5 Å². The summed E-state index contributed by atoms with van der Waals surface area (Å²) in [4.78, 5) is 36.9. The zero-order valence-corrected chi connectivity index (χ0v) is 13.9. The molecule has 0 aliphatic carbocycles. The molecule has 4 N–H and O–H groups in total. The second-order valence-corrected chi connectivity index (χ2v) is 6.90. The Morgan fingerprint density at radius 1 is 1.38 bits per heavy atom. The molecule has 1 unspecified atom stereocenters. The molecule has 24 heavy (non-hydrogen) atoms. The van der Waals surface area contributed by atoms with Crippen molar-refractivity contribution in [3.8, 4) is 0 Å². The van der Waals surface area contributed by atoms with Crippen LogP contribution in [0.4, 0.5) is 0 Å². The van der Waals surface area contributed by atoms with Crippen molar-refractivity contribution in [3.05, 3.63) is 46.6 Å². The van der Waals surface area contributed by atoms with Crippen molar-refractivity contribution < 1.29 is 19.5 Å². The third kappa shape index (κ3) is 2.77. The molecular weight excluding hydrogens is 354 g/mol. The van der Waals surface area contributed by atoms with E-state index >= 15 is 0 Å². The summed E-state index contributed by atoms with van der Waals surface area (Å²) < 4.78 is 0. The minimum Gasteiger partial charge on any atom is -0.477 e. The predicted octanol–water partition coefficient (Wildman–Crippen LogP) is 0.621. The number of nitrogens with one attached hydrogen (secondary N) is 1. The smallest absolute Gasteiger partial charge is 0.353 e. The number of hydrogen-bond donors (Lipinski definition) is 3. The quantitative estimate of drug-likeness (QED) is 0.672. The monoisotopic (exact) mass is 367 g/mol. The fraction of sp³-hybridized carbons (Fsp3) is 0.267. The summed E-state index contributed by atoms with van der Waals surface area (Å²) in [5.41, 5.74) is 6.32. The topological polar surface area (TPSA) is 113 Å². The summed E-state index contributed by atoms with van der Waals surface area (Å²) in [6, 6.07) is 7.07. The van der Waals surface area contributed by atoms with Gasteiger partial charge >= 0.3 is 5.97 Å². The molecule has 2 amide bonds. The summed E-state index contributed by atoms with van der Waals surface area (Å²) in [5, 5.41) is 11.4. The molecule has 2 heterocycles. The molecule has 9 heteroatoms. The maximum Gasteiger partial charge on any atom is 0.353 e. The van der Waals surface area contributed by atoms with Crippen molar-refractivity contribution in [2.24, 2.45) is 5.73 Å². The molecule has 1 aromatic rings. The molecule has 2 aliphatic heterocycles. The highest BCUT2D eigenvalue weighted by atomic mass is 35.5. The number of halogens is 1. The maximum atomic E-state index is 12.3. The number of amides is 2. The minimum absolute atomic E-state index is 0.114. The third-order valence-electron chi connectivity index (χ3n) is 3.86. The van der Waals surface area contributed by atoms with Crippen LogP contribution in [0.1, 0.15) is 11.6 Å². The Bertz CT molecular complexity index is 739. The molecular formula is C15H14ClN3O4S. The summed E-state index contributed by atoms with van der Waals surface area (Å²) >= 11 is 7.20. The molecule has 0 radical (unpaired) electrons. The molecule has 3 rings (SSSR count). The number of benzene rings is 1. The average molecular weight is 368 g/mol. The Labute approximate surface area is 146 Å². The van der Waals surface area contributed by atoms with Crippen LogP contribution in [0.25, 0.3) is 0 Å². The Hall–Kier alpha value is -2.03. The van der Waals surface area contributed by atoms with Gasteiger partial charge < -0.3 is 16.2 Å². The van der Waals surface area contributed by atoms with Gasteiger partial charge in [0.05, 0.1) is 5.03 Å². The van der Waals surface area contributed by atoms with Crippen molar-refractivity contribution >= 4 is 41.1 Å². The highest BCUT2D eigenvalue weighted by Gasteiger charge is 2.54. The van der Waals surface area contributed by atoms with E-state index in [0.717, 1.165) is 4.90 Å². The number of nitrogens with two attached hydrogens (primary N) is 1. The number of β-lactam (4-membered cyclic amide) rings is 1. The molecule has 0 aromatic heterocycles. The summed E-state index contributed by atoms with van der Waals surface area (Å²) in [5.74, 6) is -1.98. The molecule has 2 aliphatic rings. The fourth-order valence-electron chi connectivity index (χ4n) is 2.64. The van der Waals surface area contributed by atoms with Gasteiger partial charge in [0.2, 0.25) is 5.91 Å². The first-order valence-corrected chi connectivity index (χ1v) is 8.52. The average Bonchev–Trinajstić information content (AvgIpc) is 2.59. The van der Waals surface area contributed by atoms with Gasteiger partial charge in [-0.15, -0.1) is 11.8 Å². The van der Waals surface area contributed by atoms with Gasteiger partial charge in [0.25, 0.3) is 5.91 Å². The number of carboxylic acid groups (broad SMARTS) is 1. The van der Waals surface area contributed by atoms with E-state index in [2.05, 4.69) is 5.32 Å². The lowest BCUT2D eigenvalue weighted by atomic mass is 10.0. The summed E-state index contributed by atoms with van der Waals surface area (Å²) in [7, 11) is 0. The van der Waals surface area contributed by atoms with Crippen LogP contribution >= 0.6 is 23.4 Å². The number of fused-ring (bicyclic) bond motifs is 1. The number of rotatable bonds is 4. The molecule has 1 saturated heterocycles. The summed E-state index contributed by atoms with van der Waals surface area (Å²) in [6.45, 7) is 0. The standard InChI is InChI=1S/C15H14ClN3O4S/c16-8-6-24-14-10(13(21)19(14)11(8)15(22)23)18-12(20)9(17)7-4-2-1-3-5-7/h1-5,9-10,14H,6,17H2,(H,18,20)(H,22,23)/t9?,10-,14+/m1/s1. The van der Waals surface area contributed by atoms with Crippen LogP contribution in [0.3, 0.4) is 0 Å². The van der Waals surface area contributed by atoms with E-state index in [0.29, 0.717) is 5.56 Å². The van der Waals surface area contributed by atoms with E-state index in [1.165, 1.54) is 11.8 Å². The highest BCUT2D eigenvalue weighted by Crippen LogP contribution is 2.41. The number of hydrogen-bond acceptors (Lipinski definition) is 5. The molecule has 1 fully saturated rings. The molecule has 0 bridgehead atoms. The molecule has 1 aromatic carbocycles. The van der Waals surface area contributed by atoms with Gasteiger partial charge in [0.15, 0.2) is 0 Å². The lowest BCUT2D eigenvalue weighted by Crippen LogP contribution is -2.70. The third-order valence-corrected chi connectivity index (χ3v) is 5.61. The Kier molecular flexibility index (Phi) is 4.53. The number of aliphatic carboxylic acids is 1. The van der Waals surface area contributed by atoms with Gasteiger partial charge in [-0.2, -0.15) is 0 Å². The number of thioether (sulfide) groups is 1. The van der Waals surface area contributed by atoms with E-state index < -0.39 is 35.2 Å². The SMILES string of the molecule is NC(C(=O)N[C@@H]1C(=O)N2C(C(=O)O)=C(Cl)CS[C@@H]12)c1ccccc1. The highest BCUT2D eigenvalue weighted by molar-refractivity contribution is 8.00. The van der Waals surface area contributed by atoms with E-state index in [1.54, 1.807) is 24.3 Å². The van der Waals surface area contributed by atoms with Gasteiger partial charge in [-0.25, -0.2) is 4.79 Å². The van der Waals surface area contributed by atoms with Crippen LogP contribution in [-0.4, -0.2) is 45.0 Å². The Morgan fingerprint density at radius 2 is 2.04 bits per heavy atom. The van der Waals surface area contributed by atoms with Crippen LogP contribution in [0.2, 0.25) is 0 Å². The number of carbonyl (C=O) groups is 3. The van der Waals surface area contributed by atoms with Gasteiger partial charge in [0, 0.05) is 5.75 Å². The number of carboxylic acids is 1. The Morgan fingerprint density at radius 3 is 2.67 bits per heavy atom. The maximum absolute atomic E-state index is 12.3. The van der Waals surface area contributed by atoms with Gasteiger partial charge in [0.1, 0.15) is 23.2 Å². The first-order chi connectivity index (χ1) is 11.4. The number of nitrogens with zero attached hydrogens (tertiary/aromatic N) is 1. The van der Waals surface area contributed by atoms with Crippen molar-refractivity contribution in [1.29, 1.82) is 0 Å². The Balaban J connectivity index is 1.71. The van der Waals surface area contributed by atoms with Crippen LogP contribution in [0.15, 0.2) is 41.1 Å². The first kappa shape index (κ1) is 16.8. The molecule has 3 atom stereocenters. The van der Waals surface area contributed by atoms with Crippen LogP contribution in [0, 0.1) is 0 Å². The molecule has 0 spiro atoms. The fourth-order valence-corrected chi connectivity index (χ4v) is 4.19. The van der Waals surface area contributed by atoms with E-state index in [-0.39, 0.29) is 16.5 Å². The second-order valence-electron chi connectivity index (χ2n) is 5.34. The lowest BCUT2D eigenvalue weighted by molar-refractivity contribution is -0.150. The van der Waals surface area contributed by atoms with Crippen molar-refractivity contribution in [1.82, 2.24) is 10.2 Å². The predicted molar refractivity (Wildman–Crippen MR) is 88.9 cm³/mol. The molecule has 126 valence electrons. The second kappa shape index (κ2) is 6.46. The van der Waals surface area contributed by atoms with E-state index in [1.807, 2.05) is 6.07 Å². The van der Waals surface area contributed by atoms with Gasteiger partial charge in [-0.05, 0) is 5.56 Å². The van der Waals surface area contributed by atoms with E-state index in [4.69, 9.17) is 17.3 Å². The largest absolute Gasteiger partial charge is 0.477 e. The molecule has 0 saturated carbocycles. The van der Waals surface area contributed by atoms with Crippen LogP contribution in [0.5, 0.6) is 0 Å². The normalized spacial score (nSPS) is 24.1. The first-order valence-electron chi connectivity index (χ1n) is 7.09. The zero-order chi connectivity index (χ0) is 17.4. The van der Waals surface area contributed by atoms with Crippen molar-refractivity contribution in [2.45, 2.75) is 17.5 Å². The minimum atomic E-state index is -1.26. The number of carbonyl (C=O) groups excluding carboxylic acids is 2. The molecule has 7 nitrogen and oxygen atoms in total. The van der Waals surface area contributed by atoms with Gasteiger partial charge in [-0.1, -0.05) is 41.9 Å². The van der Waals surface area contributed by atoms with Crippen LogP contribution < -0.4 is 11.1 Å². The summed E-state index contributed by atoms with van der Waals surface area (Å²) in [6.07, 6.45) is 0. The zero-order valence-electron chi connectivity index (χ0n) is 12.3. The lowest BCUT2D eigenvalue weighted by Gasteiger charge is -2.48. The van der Waals surface area contributed by atoms with Crippen LogP contribution in [-0.2, 0) is 14.4 Å². The van der Waals surface area contributed by atoms with Crippen molar-refractivity contribution in [3.63, 3.8) is 0 Å².